The summed E-state index contributed by atoms with van der Waals surface area (Å²) >= 11 is 0. The normalized spacial score (nSPS) is 14.3. The number of aromatic nitrogens is 5. The van der Waals surface area contributed by atoms with Crippen molar-refractivity contribution in [2.24, 2.45) is 7.05 Å². The van der Waals surface area contributed by atoms with Gasteiger partial charge in [-0.25, -0.2) is 0 Å². The first-order valence-corrected chi connectivity index (χ1v) is 7.83. The zero-order valence-electron chi connectivity index (χ0n) is 12.9. The summed E-state index contributed by atoms with van der Waals surface area (Å²) in [4.78, 5) is 12.3. The Morgan fingerprint density at radius 3 is 3.04 bits per heavy atom. The van der Waals surface area contributed by atoms with Crippen molar-refractivity contribution in [1.82, 2.24) is 29.7 Å². The number of hydrogen-bond acceptors (Lipinski definition) is 4. The monoisotopic (exact) mass is 310 g/mol. The fourth-order valence-electron chi connectivity index (χ4n) is 2.72. The van der Waals surface area contributed by atoms with Crippen molar-refractivity contribution < 1.29 is 4.79 Å². The van der Waals surface area contributed by atoms with E-state index in [-0.39, 0.29) is 5.91 Å². The predicted molar refractivity (Wildman–Crippen MR) is 84.2 cm³/mol. The number of amides is 1. The Kier molecular flexibility index (Phi) is 3.33. The smallest absolute Gasteiger partial charge is 0.269 e. The van der Waals surface area contributed by atoms with Gasteiger partial charge in [0.05, 0.1) is 5.69 Å². The van der Waals surface area contributed by atoms with Crippen LogP contribution in [0.15, 0.2) is 30.5 Å². The second kappa shape index (κ2) is 5.49. The Hall–Kier alpha value is -2.70. The number of nitrogens with zero attached hydrogens (tertiary/aromatic N) is 5. The third kappa shape index (κ3) is 2.69. The summed E-state index contributed by atoms with van der Waals surface area (Å²) in [6.45, 7) is 0.512. The van der Waals surface area contributed by atoms with E-state index in [9.17, 15) is 4.79 Å². The Morgan fingerprint density at radius 1 is 1.35 bits per heavy atom. The molecule has 0 aromatic carbocycles. The van der Waals surface area contributed by atoms with E-state index >= 15 is 0 Å². The predicted octanol–water partition coefficient (Wildman–Crippen LogP) is 1.31. The quantitative estimate of drug-likeness (QED) is 0.771. The van der Waals surface area contributed by atoms with Gasteiger partial charge in [-0.05, 0) is 31.0 Å². The van der Waals surface area contributed by atoms with Gasteiger partial charge in [-0.1, -0.05) is 6.07 Å². The largest absolute Gasteiger partial charge is 0.350 e. The van der Waals surface area contributed by atoms with E-state index in [2.05, 4.69) is 20.6 Å². The Morgan fingerprint density at radius 2 is 2.22 bits per heavy atom. The second-order valence-corrected chi connectivity index (χ2v) is 5.90. The van der Waals surface area contributed by atoms with E-state index in [0.29, 0.717) is 24.6 Å². The molecule has 0 unspecified atom stereocenters. The summed E-state index contributed by atoms with van der Waals surface area (Å²) in [6, 6.07) is 7.67. The molecule has 0 saturated heterocycles. The fourth-order valence-corrected chi connectivity index (χ4v) is 2.72. The topological polar surface area (TPSA) is 77.1 Å². The summed E-state index contributed by atoms with van der Waals surface area (Å²) < 4.78 is 3.59. The van der Waals surface area contributed by atoms with Crippen molar-refractivity contribution in [2.75, 3.05) is 6.54 Å². The molecule has 4 rings (SSSR count). The third-order valence-corrected chi connectivity index (χ3v) is 4.15. The summed E-state index contributed by atoms with van der Waals surface area (Å²) in [6.07, 6.45) is 4.91. The molecule has 1 fully saturated rings. The number of carbonyl (C=O) groups excluding carboxylic acids is 1. The number of fused-ring (bicyclic) bond motifs is 1. The molecule has 1 amide bonds. The standard InChI is InChI=1S/C16H18N6O/c1-21-13(10-12(20-21)11-5-6-11)16(23)17-8-7-15-19-18-14-4-2-3-9-22(14)15/h2-4,9-11H,5-8H2,1H3,(H,17,23). The Balaban J connectivity index is 1.40. The molecule has 3 aromatic rings. The molecule has 0 radical (unpaired) electrons. The molecule has 3 aromatic heterocycles. The van der Waals surface area contributed by atoms with Crippen LogP contribution in [-0.2, 0) is 13.5 Å². The van der Waals surface area contributed by atoms with Gasteiger partial charge in [-0.2, -0.15) is 5.10 Å². The zero-order valence-corrected chi connectivity index (χ0v) is 12.9. The summed E-state index contributed by atoms with van der Waals surface area (Å²) in [7, 11) is 1.81. The lowest BCUT2D eigenvalue weighted by Crippen LogP contribution is -2.28. The maximum Gasteiger partial charge on any atom is 0.269 e. The average molecular weight is 310 g/mol. The minimum Gasteiger partial charge on any atom is -0.350 e. The molecule has 1 saturated carbocycles. The summed E-state index contributed by atoms with van der Waals surface area (Å²) in [5.74, 6) is 1.29. The van der Waals surface area contributed by atoms with E-state index in [1.54, 1.807) is 4.68 Å². The molecule has 1 aliphatic carbocycles. The molecular weight excluding hydrogens is 292 g/mol. The molecule has 3 heterocycles. The van der Waals surface area contributed by atoms with Crippen molar-refractivity contribution in [3.8, 4) is 0 Å². The molecule has 0 spiro atoms. The molecule has 0 atom stereocenters. The molecule has 1 N–H and O–H groups in total. The second-order valence-electron chi connectivity index (χ2n) is 5.90. The third-order valence-electron chi connectivity index (χ3n) is 4.15. The van der Waals surface area contributed by atoms with Crippen LogP contribution in [0.25, 0.3) is 5.65 Å². The number of aryl methyl sites for hydroxylation is 1. The van der Waals surface area contributed by atoms with E-state index in [0.717, 1.165) is 17.2 Å². The lowest BCUT2D eigenvalue weighted by Gasteiger charge is -2.04. The highest BCUT2D eigenvalue weighted by atomic mass is 16.2. The van der Waals surface area contributed by atoms with Gasteiger partial charge in [-0.15, -0.1) is 10.2 Å². The van der Waals surface area contributed by atoms with Crippen LogP contribution in [-0.4, -0.2) is 36.8 Å². The van der Waals surface area contributed by atoms with Gasteiger partial charge < -0.3 is 5.32 Å². The zero-order chi connectivity index (χ0) is 15.8. The van der Waals surface area contributed by atoms with Crippen LogP contribution in [0.1, 0.15) is 40.8 Å². The van der Waals surface area contributed by atoms with Crippen LogP contribution in [0.5, 0.6) is 0 Å². The first-order chi connectivity index (χ1) is 11.2. The lowest BCUT2D eigenvalue weighted by atomic mass is 10.2. The number of rotatable bonds is 5. The van der Waals surface area contributed by atoms with E-state index in [4.69, 9.17) is 0 Å². The van der Waals surface area contributed by atoms with Gasteiger partial charge in [0.2, 0.25) is 0 Å². The van der Waals surface area contributed by atoms with E-state index in [1.807, 2.05) is 41.9 Å². The van der Waals surface area contributed by atoms with Gasteiger partial charge in [0.1, 0.15) is 11.5 Å². The van der Waals surface area contributed by atoms with Crippen molar-refractivity contribution in [2.45, 2.75) is 25.2 Å². The summed E-state index contributed by atoms with van der Waals surface area (Å²) in [5.41, 5.74) is 2.45. The van der Waals surface area contributed by atoms with Crippen LogP contribution in [0.3, 0.4) is 0 Å². The molecule has 1 aliphatic rings. The van der Waals surface area contributed by atoms with Crippen molar-refractivity contribution in [3.05, 3.63) is 47.7 Å². The van der Waals surface area contributed by atoms with Crippen LogP contribution in [0.4, 0.5) is 0 Å². The summed E-state index contributed by atoms with van der Waals surface area (Å²) in [5, 5.41) is 15.6. The van der Waals surface area contributed by atoms with Crippen molar-refractivity contribution in [1.29, 1.82) is 0 Å². The van der Waals surface area contributed by atoms with E-state index < -0.39 is 0 Å². The number of pyridine rings is 1. The Labute approximate surface area is 133 Å². The molecule has 118 valence electrons. The van der Waals surface area contributed by atoms with Gasteiger partial charge in [0, 0.05) is 32.1 Å². The molecule has 0 aliphatic heterocycles. The van der Waals surface area contributed by atoms with Gasteiger partial charge in [0.15, 0.2) is 5.65 Å². The number of carbonyl (C=O) groups is 1. The highest BCUT2D eigenvalue weighted by Gasteiger charge is 2.27. The molecular formula is C16H18N6O. The minimum absolute atomic E-state index is 0.0966. The maximum atomic E-state index is 12.3. The first kappa shape index (κ1) is 13.9. The van der Waals surface area contributed by atoms with Gasteiger partial charge in [0.25, 0.3) is 5.91 Å². The molecule has 23 heavy (non-hydrogen) atoms. The highest BCUT2D eigenvalue weighted by molar-refractivity contribution is 5.92. The van der Waals surface area contributed by atoms with Gasteiger partial charge in [-0.3, -0.25) is 13.9 Å². The number of nitrogens with one attached hydrogen (secondary N) is 1. The average Bonchev–Trinajstić information content (AvgIpc) is 3.22. The molecule has 0 bridgehead atoms. The SMILES string of the molecule is Cn1nc(C2CC2)cc1C(=O)NCCc1nnc2ccccn12. The van der Waals surface area contributed by atoms with Crippen molar-refractivity contribution >= 4 is 11.6 Å². The van der Waals surface area contributed by atoms with E-state index in [1.165, 1.54) is 12.8 Å². The lowest BCUT2D eigenvalue weighted by molar-refractivity contribution is 0.0944. The van der Waals surface area contributed by atoms with Gasteiger partial charge >= 0.3 is 0 Å². The molecule has 7 nitrogen and oxygen atoms in total. The molecule has 7 heteroatoms. The highest BCUT2D eigenvalue weighted by Crippen LogP contribution is 2.39. The minimum atomic E-state index is -0.0966. The fraction of sp³-hybridized carbons (Fsp3) is 0.375. The van der Waals surface area contributed by atoms with Crippen LogP contribution in [0, 0.1) is 0 Å². The first-order valence-electron chi connectivity index (χ1n) is 7.83. The van der Waals surface area contributed by atoms with Crippen LogP contribution >= 0.6 is 0 Å². The maximum absolute atomic E-state index is 12.3. The van der Waals surface area contributed by atoms with Crippen molar-refractivity contribution in [3.63, 3.8) is 0 Å². The van der Waals surface area contributed by atoms with Crippen LogP contribution in [0.2, 0.25) is 0 Å². The van der Waals surface area contributed by atoms with Crippen LogP contribution < -0.4 is 5.32 Å². The Bertz CT molecular complexity index is 860. The number of hydrogen-bond donors (Lipinski definition) is 1.